The maximum absolute atomic E-state index is 5.17. The largest absolute Gasteiger partial charge is 0.305 e. The Morgan fingerprint density at radius 1 is 1.69 bits per heavy atom. The van der Waals surface area contributed by atoms with Gasteiger partial charge in [-0.1, -0.05) is 5.92 Å². The van der Waals surface area contributed by atoms with Gasteiger partial charge in [0.25, 0.3) is 0 Å². The molecule has 0 bridgehead atoms. The van der Waals surface area contributed by atoms with Crippen LogP contribution >= 0.6 is 0 Å². The number of hydrogen-bond acceptors (Lipinski definition) is 2. The highest BCUT2D eigenvalue weighted by Gasteiger charge is 2.24. The molecule has 0 saturated carbocycles. The molecule has 2 atom stereocenters. The molecule has 1 N–H and O–H groups in total. The second-order valence-corrected chi connectivity index (χ2v) is 3.91. The molecule has 0 aromatic carbocycles. The normalized spacial score (nSPS) is 25.8. The number of hydrogen-bond donors (Lipinski definition) is 1. The van der Waals surface area contributed by atoms with Crippen LogP contribution in [0.5, 0.6) is 0 Å². The van der Waals surface area contributed by atoms with Crippen LogP contribution in [0, 0.1) is 12.3 Å². The Morgan fingerprint density at radius 2 is 2.46 bits per heavy atom. The second kappa shape index (κ2) is 5.26. The molecule has 1 fully saturated rings. The zero-order chi connectivity index (χ0) is 9.68. The average Bonchev–Trinajstić information content (AvgIpc) is 2.52. The van der Waals surface area contributed by atoms with E-state index in [-0.39, 0.29) is 0 Å². The van der Waals surface area contributed by atoms with Crippen LogP contribution in [0.2, 0.25) is 0 Å². The Hall–Kier alpha value is -0.520. The lowest BCUT2D eigenvalue weighted by molar-refractivity contribution is 0.200. The fourth-order valence-corrected chi connectivity index (χ4v) is 2.08. The SMILES string of the molecule is C#CCNCC(C)N1CCCC1C. The third-order valence-electron chi connectivity index (χ3n) is 2.84. The molecular weight excluding hydrogens is 160 g/mol. The van der Waals surface area contributed by atoms with Gasteiger partial charge < -0.3 is 5.32 Å². The molecule has 0 amide bonds. The van der Waals surface area contributed by atoms with Crippen molar-refractivity contribution >= 4 is 0 Å². The van der Waals surface area contributed by atoms with E-state index in [1.54, 1.807) is 0 Å². The molecule has 2 unspecified atom stereocenters. The third kappa shape index (κ3) is 3.02. The Kier molecular flexibility index (Phi) is 4.27. The van der Waals surface area contributed by atoms with Gasteiger partial charge in [-0.25, -0.2) is 0 Å². The number of nitrogens with one attached hydrogen (secondary N) is 1. The van der Waals surface area contributed by atoms with Gasteiger partial charge in [-0.3, -0.25) is 4.90 Å². The van der Waals surface area contributed by atoms with Crippen molar-refractivity contribution in [3.05, 3.63) is 0 Å². The molecule has 1 aliphatic heterocycles. The Morgan fingerprint density at radius 3 is 3.00 bits per heavy atom. The minimum atomic E-state index is 0.617. The van der Waals surface area contributed by atoms with Gasteiger partial charge in [-0.2, -0.15) is 0 Å². The van der Waals surface area contributed by atoms with Crippen LogP contribution in [0.3, 0.4) is 0 Å². The molecular formula is C11H20N2. The summed E-state index contributed by atoms with van der Waals surface area (Å²) in [6.07, 6.45) is 7.86. The van der Waals surface area contributed by atoms with E-state index in [4.69, 9.17) is 6.42 Å². The molecule has 1 heterocycles. The summed E-state index contributed by atoms with van der Waals surface area (Å²) in [4.78, 5) is 2.56. The van der Waals surface area contributed by atoms with Crippen LogP contribution in [0.15, 0.2) is 0 Å². The van der Waals surface area contributed by atoms with Crippen molar-refractivity contribution in [3.63, 3.8) is 0 Å². The minimum absolute atomic E-state index is 0.617. The highest BCUT2D eigenvalue weighted by Crippen LogP contribution is 2.18. The molecule has 1 rings (SSSR count). The summed E-state index contributed by atoms with van der Waals surface area (Å²) in [5.74, 6) is 2.60. The highest BCUT2D eigenvalue weighted by molar-refractivity contribution is 4.88. The number of terminal acetylenes is 1. The van der Waals surface area contributed by atoms with Gasteiger partial charge in [0.1, 0.15) is 0 Å². The van der Waals surface area contributed by atoms with Crippen molar-refractivity contribution < 1.29 is 0 Å². The molecule has 2 heteroatoms. The predicted octanol–water partition coefficient (Wildman–Crippen LogP) is 1.08. The lowest BCUT2D eigenvalue weighted by Crippen LogP contribution is -2.42. The van der Waals surface area contributed by atoms with Gasteiger partial charge in [-0.15, -0.1) is 6.42 Å². The van der Waals surface area contributed by atoms with Crippen molar-refractivity contribution in [3.8, 4) is 12.3 Å². The van der Waals surface area contributed by atoms with E-state index in [1.807, 2.05) is 0 Å². The van der Waals surface area contributed by atoms with Crippen molar-refractivity contribution in [2.24, 2.45) is 0 Å². The van der Waals surface area contributed by atoms with Gasteiger partial charge in [-0.05, 0) is 33.2 Å². The molecule has 0 spiro atoms. The summed E-state index contributed by atoms with van der Waals surface area (Å²) >= 11 is 0. The quantitative estimate of drug-likeness (QED) is 0.514. The zero-order valence-corrected chi connectivity index (χ0v) is 8.71. The van der Waals surface area contributed by atoms with E-state index < -0.39 is 0 Å². The van der Waals surface area contributed by atoms with E-state index in [1.165, 1.54) is 19.4 Å². The number of likely N-dealkylation sites (tertiary alicyclic amines) is 1. The van der Waals surface area contributed by atoms with Gasteiger partial charge in [0.15, 0.2) is 0 Å². The third-order valence-corrected chi connectivity index (χ3v) is 2.84. The van der Waals surface area contributed by atoms with Crippen molar-refractivity contribution in [2.75, 3.05) is 19.6 Å². The molecule has 2 nitrogen and oxygen atoms in total. The molecule has 1 aliphatic rings. The maximum atomic E-state index is 5.17. The van der Waals surface area contributed by atoms with E-state index in [2.05, 4.69) is 30.0 Å². The van der Waals surface area contributed by atoms with Crippen molar-refractivity contribution in [1.82, 2.24) is 10.2 Å². The standard InChI is InChI=1S/C11H20N2/c1-4-7-12-9-11(3)13-8-5-6-10(13)2/h1,10-12H,5-9H2,2-3H3. The Balaban J connectivity index is 2.22. The van der Waals surface area contributed by atoms with Gasteiger partial charge in [0.2, 0.25) is 0 Å². The Bertz CT molecular complexity index is 183. The van der Waals surface area contributed by atoms with Crippen molar-refractivity contribution in [2.45, 2.75) is 38.8 Å². The zero-order valence-electron chi connectivity index (χ0n) is 8.71. The lowest BCUT2D eigenvalue weighted by atomic mass is 10.2. The molecule has 74 valence electrons. The first kappa shape index (κ1) is 10.6. The number of rotatable bonds is 4. The molecule has 0 aliphatic carbocycles. The molecule has 1 saturated heterocycles. The molecule has 0 radical (unpaired) electrons. The topological polar surface area (TPSA) is 15.3 Å². The van der Waals surface area contributed by atoms with Crippen LogP contribution in [0.25, 0.3) is 0 Å². The first-order chi connectivity index (χ1) is 6.25. The average molecular weight is 180 g/mol. The van der Waals surface area contributed by atoms with Gasteiger partial charge >= 0.3 is 0 Å². The van der Waals surface area contributed by atoms with Crippen LogP contribution in [-0.4, -0.2) is 36.6 Å². The first-order valence-corrected chi connectivity index (χ1v) is 5.15. The maximum Gasteiger partial charge on any atom is 0.0574 e. The summed E-state index contributed by atoms with van der Waals surface area (Å²) < 4.78 is 0. The summed E-state index contributed by atoms with van der Waals surface area (Å²) in [7, 11) is 0. The predicted molar refractivity (Wildman–Crippen MR) is 56.6 cm³/mol. The molecule has 0 aromatic rings. The first-order valence-electron chi connectivity index (χ1n) is 5.15. The van der Waals surface area contributed by atoms with Crippen LogP contribution in [-0.2, 0) is 0 Å². The lowest BCUT2D eigenvalue weighted by Gasteiger charge is -2.28. The molecule has 0 aromatic heterocycles. The fraction of sp³-hybridized carbons (Fsp3) is 0.818. The summed E-state index contributed by atoms with van der Waals surface area (Å²) in [5.41, 5.74) is 0. The van der Waals surface area contributed by atoms with Crippen LogP contribution in [0.4, 0.5) is 0 Å². The van der Waals surface area contributed by atoms with Crippen LogP contribution < -0.4 is 5.32 Å². The summed E-state index contributed by atoms with van der Waals surface area (Å²) in [6.45, 7) is 7.52. The second-order valence-electron chi connectivity index (χ2n) is 3.91. The van der Waals surface area contributed by atoms with Crippen molar-refractivity contribution in [1.29, 1.82) is 0 Å². The van der Waals surface area contributed by atoms with Crippen LogP contribution in [0.1, 0.15) is 26.7 Å². The Labute approximate surface area is 81.7 Å². The number of nitrogens with zero attached hydrogens (tertiary/aromatic N) is 1. The van der Waals surface area contributed by atoms with Gasteiger partial charge in [0, 0.05) is 18.6 Å². The van der Waals surface area contributed by atoms with E-state index >= 15 is 0 Å². The highest BCUT2D eigenvalue weighted by atomic mass is 15.2. The summed E-state index contributed by atoms with van der Waals surface area (Å²) in [6, 6.07) is 1.37. The minimum Gasteiger partial charge on any atom is -0.305 e. The monoisotopic (exact) mass is 180 g/mol. The van der Waals surface area contributed by atoms with E-state index in [0.717, 1.165) is 12.6 Å². The van der Waals surface area contributed by atoms with E-state index in [9.17, 15) is 0 Å². The fourth-order valence-electron chi connectivity index (χ4n) is 2.08. The molecule has 13 heavy (non-hydrogen) atoms. The van der Waals surface area contributed by atoms with Gasteiger partial charge in [0.05, 0.1) is 6.54 Å². The smallest absolute Gasteiger partial charge is 0.0574 e. The summed E-state index contributed by atoms with van der Waals surface area (Å²) in [5, 5.41) is 3.25. The van der Waals surface area contributed by atoms with E-state index in [0.29, 0.717) is 12.6 Å².